The number of hydrogen-bond acceptors (Lipinski definition) is 7. The van der Waals surface area contributed by atoms with E-state index in [0.717, 1.165) is 44.0 Å². The summed E-state index contributed by atoms with van der Waals surface area (Å²) in [6.45, 7) is 5.85. The molecule has 7 aromatic carbocycles. The summed E-state index contributed by atoms with van der Waals surface area (Å²) in [7, 11) is -3.20. The molecule has 11 rings (SSSR count). The van der Waals surface area contributed by atoms with Crippen molar-refractivity contribution in [3.63, 3.8) is 0 Å². The Kier molecular flexibility index (Phi) is 9.86. The minimum atomic E-state index is -3.20. The van der Waals surface area contributed by atoms with Crippen LogP contribution in [0.25, 0.3) is 21.5 Å². The number of amides is 4. The third-order valence-electron chi connectivity index (χ3n) is 14.2. The zero-order valence-corrected chi connectivity index (χ0v) is 37.8. The number of fused-ring (bicyclic) bond motifs is 2. The zero-order chi connectivity index (χ0) is 45.6. The molecule has 4 amide bonds. The highest BCUT2D eigenvalue weighted by atomic mass is 28.4. The van der Waals surface area contributed by atoms with Gasteiger partial charge < -0.3 is 24.4 Å². The molecule has 4 aliphatic heterocycles. The van der Waals surface area contributed by atoms with E-state index in [1.165, 1.54) is 0 Å². The summed E-state index contributed by atoms with van der Waals surface area (Å²) in [5, 5.41) is 13.7. The van der Waals surface area contributed by atoms with Crippen molar-refractivity contribution in [3.05, 3.63) is 173 Å². The first kappa shape index (κ1) is 41.7. The Morgan fingerprint density at radius 1 is 0.697 bits per heavy atom. The molecule has 0 saturated carbocycles. The van der Waals surface area contributed by atoms with E-state index >= 15 is 4.79 Å². The quantitative estimate of drug-likeness (QED) is 0.124. The van der Waals surface area contributed by atoms with Crippen LogP contribution in [0, 0.1) is 5.92 Å². The van der Waals surface area contributed by atoms with Crippen LogP contribution < -0.4 is 14.7 Å². The van der Waals surface area contributed by atoms with Gasteiger partial charge >= 0.3 is 0 Å². The molecule has 4 atom stereocenters. The second kappa shape index (κ2) is 15.6. The Balaban J connectivity index is 1.00. The molecular formula is C54H48N4O7Si. The van der Waals surface area contributed by atoms with Crippen LogP contribution in [-0.4, -0.2) is 66.0 Å². The lowest BCUT2D eigenvalue weighted by Crippen LogP contribution is -2.46. The topological polar surface area (TPSA) is 131 Å². The molecule has 0 radical (unpaired) electrons. The van der Waals surface area contributed by atoms with E-state index in [9.17, 15) is 24.3 Å². The number of rotatable bonds is 11. The van der Waals surface area contributed by atoms with E-state index in [1.54, 1.807) is 19.6 Å². The van der Waals surface area contributed by atoms with Gasteiger partial charge in [0.2, 0.25) is 5.91 Å². The maximum absolute atomic E-state index is 15.7. The third-order valence-corrected chi connectivity index (χ3v) is 16.7. The van der Waals surface area contributed by atoms with Crippen LogP contribution in [0.3, 0.4) is 0 Å². The fraction of sp³-hybridized carbons (Fsp3) is 0.222. The highest BCUT2D eigenvalue weighted by molar-refractivity contribution is 6.71. The third kappa shape index (κ3) is 6.34. The molecule has 4 heterocycles. The van der Waals surface area contributed by atoms with Crippen LogP contribution in [0.4, 0.5) is 28.4 Å². The molecule has 66 heavy (non-hydrogen) atoms. The molecule has 1 spiro atoms. The van der Waals surface area contributed by atoms with Crippen molar-refractivity contribution in [1.82, 2.24) is 4.90 Å². The van der Waals surface area contributed by atoms with Gasteiger partial charge in [-0.3, -0.25) is 29.0 Å². The number of carbonyl (C=O) groups is 4. The van der Waals surface area contributed by atoms with E-state index in [4.69, 9.17) is 4.74 Å². The van der Waals surface area contributed by atoms with E-state index in [1.807, 2.05) is 166 Å². The second-order valence-electron chi connectivity index (χ2n) is 18.5. The van der Waals surface area contributed by atoms with Crippen LogP contribution in [0.1, 0.15) is 50.8 Å². The van der Waals surface area contributed by atoms with Crippen LogP contribution in [-0.2, 0) is 33.0 Å². The zero-order valence-electron chi connectivity index (χ0n) is 36.8. The van der Waals surface area contributed by atoms with Gasteiger partial charge in [-0.2, -0.15) is 0 Å². The van der Waals surface area contributed by atoms with E-state index in [2.05, 4.69) is 0 Å². The summed E-state index contributed by atoms with van der Waals surface area (Å²) in [6, 6.07) is 46.0. The number of ether oxygens (including phenoxy) is 1. The Bertz CT molecular complexity index is 3160. The largest absolute Gasteiger partial charge is 0.432 e. The van der Waals surface area contributed by atoms with E-state index in [0.29, 0.717) is 33.8 Å². The van der Waals surface area contributed by atoms with Crippen LogP contribution in [0.5, 0.6) is 0 Å². The SMILES string of the molecule is C[C@H]1[C@H]([Si](C)(C)O)[C@@H](CC(=O)N(CCO)Cc2ccccc2)O[C@]12C(=O)N(Cc1cccc(N3C(=O)c4cccc5cccc3c45)c1)c1ccc(N3C(=O)c4cccc5cccc3c45)cc12. The second-order valence-corrected chi connectivity index (χ2v) is 22.5. The predicted molar refractivity (Wildman–Crippen MR) is 258 cm³/mol. The average Bonchev–Trinajstić information content (AvgIpc) is 3.96. The summed E-state index contributed by atoms with van der Waals surface area (Å²) < 4.78 is 7.19. The number of anilines is 5. The van der Waals surface area contributed by atoms with E-state index < -0.39 is 31.5 Å². The van der Waals surface area contributed by atoms with Crippen molar-refractivity contribution >= 4 is 81.9 Å². The molecule has 0 aromatic heterocycles. The van der Waals surface area contributed by atoms with Gasteiger partial charge in [0.05, 0.1) is 53.9 Å². The van der Waals surface area contributed by atoms with Gasteiger partial charge in [0, 0.05) is 52.3 Å². The van der Waals surface area contributed by atoms with Gasteiger partial charge in [-0.1, -0.05) is 97.9 Å². The number of aliphatic hydroxyl groups excluding tert-OH is 1. The number of benzene rings is 7. The maximum Gasteiger partial charge on any atom is 0.264 e. The number of nitrogens with zero attached hydrogens (tertiary/aromatic N) is 4. The summed E-state index contributed by atoms with van der Waals surface area (Å²) in [5.41, 5.74) is 4.60. The normalized spacial score (nSPS) is 20.7. The fourth-order valence-corrected chi connectivity index (χ4v) is 14.0. The fourth-order valence-electron chi connectivity index (χ4n) is 11.4. The average molecular weight is 893 g/mol. The lowest BCUT2D eigenvalue weighted by atomic mass is 9.82. The first-order chi connectivity index (χ1) is 31.9. The van der Waals surface area contributed by atoms with Crippen molar-refractivity contribution in [1.29, 1.82) is 0 Å². The first-order valence-electron chi connectivity index (χ1n) is 22.5. The molecule has 7 aromatic rings. The Labute approximate surface area is 383 Å². The molecule has 1 fully saturated rings. The van der Waals surface area contributed by atoms with Crippen molar-refractivity contribution < 1.29 is 33.8 Å². The van der Waals surface area contributed by atoms with Gasteiger partial charge in [-0.15, -0.1) is 0 Å². The van der Waals surface area contributed by atoms with Crippen molar-refractivity contribution in [2.45, 2.75) is 56.8 Å². The summed E-state index contributed by atoms with van der Waals surface area (Å²) in [5.74, 6) is -1.51. The summed E-state index contributed by atoms with van der Waals surface area (Å²) >= 11 is 0. The number of hydrogen-bond donors (Lipinski definition) is 2. The molecule has 330 valence electrons. The van der Waals surface area contributed by atoms with Crippen LogP contribution in [0.2, 0.25) is 18.6 Å². The molecule has 0 bridgehead atoms. The summed E-state index contributed by atoms with van der Waals surface area (Å²) in [4.78, 5) is 77.3. The van der Waals surface area contributed by atoms with Gasteiger partial charge in [0.15, 0.2) is 13.9 Å². The minimum Gasteiger partial charge on any atom is -0.432 e. The molecule has 11 nitrogen and oxygen atoms in total. The molecule has 2 N–H and O–H groups in total. The first-order valence-corrected chi connectivity index (χ1v) is 25.5. The van der Waals surface area contributed by atoms with Gasteiger partial charge in [-0.25, -0.2) is 0 Å². The number of aliphatic hydroxyl groups is 1. The maximum atomic E-state index is 15.7. The van der Waals surface area contributed by atoms with Crippen molar-refractivity contribution in [3.8, 4) is 0 Å². The van der Waals surface area contributed by atoms with Crippen molar-refractivity contribution in [2.24, 2.45) is 5.92 Å². The number of carbonyl (C=O) groups excluding carboxylic acids is 4. The Morgan fingerprint density at radius 3 is 1.88 bits per heavy atom. The molecular weight excluding hydrogens is 845 g/mol. The van der Waals surface area contributed by atoms with Crippen LogP contribution in [0.15, 0.2) is 146 Å². The van der Waals surface area contributed by atoms with E-state index in [-0.39, 0.29) is 56.3 Å². The lowest BCUT2D eigenvalue weighted by molar-refractivity contribution is -0.150. The van der Waals surface area contributed by atoms with Gasteiger partial charge in [0.1, 0.15) is 0 Å². The molecule has 12 heteroatoms. The Morgan fingerprint density at radius 2 is 1.27 bits per heavy atom. The Hall–Kier alpha value is -6.96. The molecule has 0 aliphatic carbocycles. The summed E-state index contributed by atoms with van der Waals surface area (Å²) in [6.07, 6.45) is -0.969. The monoisotopic (exact) mass is 892 g/mol. The standard InChI is InChI=1S/C54H48N4O7Si/c1-33-50(66(2,3)64)46(30-47(60)55(26-27-59)31-34-12-5-4-6-13-34)65-54(33)42-29-39(58-45-23-11-18-37-16-9-21-41(49(37)45)52(58)62)24-25-43(42)56(53(54)63)32-35-14-7-19-38(28-35)57-44-22-10-17-36-15-8-20-40(48(36)44)51(57)61/h4-25,28-29,33,46,50,59,64H,26-27,30-32H2,1-3H3/t33-,46+,50-,54+/m0/s1. The molecule has 0 unspecified atom stereocenters. The van der Waals surface area contributed by atoms with Gasteiger partial charge in [0.25, 0.3) is 17.7 Å². The smallest absolute Gasteiger partial charge is 0.264 e. The predicted octanol–water partition coefficient (Wildman–Crippen LogP) is 9.33. The van der Waals surface area contributed by atoms with Crippen molar-refractivity contribution in [2.75, 3.05) is 27.9 Å². The van der Waals surface area contributed by atoms with Crippen LogP contribution >= 0.6 is 0 Å². The molecule has 1 saturated heterocycles. The molecule has 4 aliphatic rings. The minimum absolute atomic E-state index is 0.104. The highest BCUT2D eigenvalue weighted by Crippen LogP contribution is 2.61. The lowest BCUT2D eigenvalue weighted by Gasteiger charge is -2.33. The van der Waals surface area contributed by atoms with Gasteiger partial charge in [-0.05, 0) is 89.6 Å². The highest BCUT2D eigenvalue weighted by Gasteiger charge is 2.66.